The minimum absolute atomic E-state index is 0.0174. The second-order valence-corrected chi connectivity index (χ2v) is 22.9. The van der Waals surface area contributed by atoms with E-state index in [4.69, 9.17) is 0 Å². The van der Waals surface area contributed by atoms with Crippen LogP contribution in [0.2, 0.25) is 0 Å². The number of piperidine rings is 1. The van der Waals surface area contributed by atoms with Gasteiger partial charge in [0.05, 0.1) is 6.04 Å². The lowest BCUT2D eigenvalue weighted by Crippen LogP contribution is -2.63. The first-order valence-corrected chi connectivity index (χ1v) is 24.3. The van der Waals surface area contributed by atoms with Crippen molar-refractivity contribution in [1.29, 1.82) is 0 Å². The highest BCUT2D eigenvalue weighted by Gasteiger charge is 2.85. The molecule has 0 aromatic rings. The predicted octanol–water partition coefficient (Wildman–Crippen LogP) is 6.09. The fourth-order valence-corrected chi connectivity index (χ4v) is 13.7. The lowest BCUT2D eigenvalue weighted by Gasteiger charge is -2.40. The highest BCUT2D eigenvalue weighted by atomic mass is 32.2. The van der Waals surface area contributed by atoms with Crippen LogP contribution in [0.3, 0.4) is 0 Å². The number of hydrogen-bond donors (Lipinski definition) is 4. The summed E-state index contributed by atoms with van der Waals surface area (Å²) in [5.41, 5.74) is -2.35. The number of likely N-dealkylation sites (tertiary alicyclic amines) is 2. The third-order valence-electron chi connectivity index (χ3n) is 17.4. The molecule has 332 valence electrons. The summed E-state index contributed by atoms with van der Waals surface area (Å²) in [7, 11) is 0. The van der Waals surface area contributed by atoms with Gasteiger partial charge in [0.1, 0.15) is 23.7 Å². The van der Waals surface area contributed by atoms with Gasteiger partial charge in [-0.2, -0.15) is 0 Å². The number of amides is 5. The maximum Gasteiger partial charge on any atom is 0.257 e. The molecule has 0 aromatic heterocycles. The van der Waals surface area contributed by atoms with Gasteiger partial charge in [0.2, 0.25) is 23.6 Å². The molecule has 13 heteroatoms. The third-order valence-corrected chi connectivity index (χ3v) is 18.3. The molecule has 7 fully saturated rings. The quantitative estimate of drug-likeness (QED) is 0.163. The molecule has 3 aliphatic heterocycles. The Balaban J connectivity index is 1.15. The number of hydrogen-bond acceptors (Lipinski definition) is 8. The van der Waals surface area contributed by atoms with Crippen LogP contribution in [0.1, 0.15) is 165 Å². The Morgan fingerprint density at radius 1 is 0.780 bits per heavy atom. The van der Waals surface area contributed by atoms with Crippen molar-refractivity contribution in [2.24, 2.45) is 33.0 Å². The maximum absolute atomic E-state index is 15.4. The molecule has 7 unspecified atom stereocenters. The van der Waals surface area contributed by atoms with Gasteiger partial charge >= 0.3 is 0 Å². The van der Waals surface area contributed by atoms with E-state index >= 15 is 4.79 Å². The van der Waals surface area contributed by atoms with E-state index in [1.54, 1.807) is 4.90 Å². The zero-order chi connectivity index (χ0) is 42.8. The summed E-state index contributed by atoms with van der Waals surface area (Å²) in [6, 6.07) is -2.52. The van der Waals surface area contributed by atoms with Gasteiger partial charge in [-0.3, -0.25) is 33.6 Å². The molecule has 0 bridgehead atoms. The molecular formula is C46H77N7O5S. The SMILES string of the molecule is CCC1(C)CC1(NC(=O)C1CC2(CN1C(=O)C(NC(=O)C(NC(=O)C1CCCCN1C(C)C)C1CCCCC1)C(C)(C)C)C(C)(C)C21CCC1)C(=O)NSN1CCCC1. The molecule has 2 spiro atoms. The monoisotopic (exact) mass is 840 g/mol. The van der Waals surface area contributed by atoms with Crippen LogP contribution >= 0.6 is 12.1 Å². The van der Waals surface area contributed by atoms with Crippen molar-refractivity contribution in [3.63, 3.8) is 0 Å². The molecule has 4 saturated carbocycles. The highest BCUT2D eigenvalue weighted by molar-refractivity contribution is 7.95. The van der Waals surface area contributed by atoms with Crippen LogP contribution in [0.5, 0.6) is 0 Å². The van der Waals surface area contributed by atoms with Crippen LogP contribution < -0.4 is 20.7 Å². The lowest BCUT2D eigenvalue weighted by molar-refractivity contribution is -0.145. The average Bonchev–Trinajstić information content (AvgIpc) is 3.58. The smallest absolute Gasteiger partial charge is 0.257 e. The molecule has 59 heavy (non-hydrogen) atoms. The number of nitrogens with one attached hydrogen (secondary N) is 4. The number of carbonyl (C=O) groups excluding carboxylic acids is 5. The average molecular weight is 840 g/mol. The Morgan fingerprint density at radius 2 is 1.42 bits per heavy atom. The number of fused-ring (bicyclic) bond motifs is 1. The van der Waals surface area contributed by atoms with E-state index in [0.29, 0.717) is 19.4 Å². The number of rotatable bonds is 13. The summed E-state index contributed by atoms with van der Waals surface area (Å²) in [6.07, 6.45) is 15.0. The van der Waals surface area contributed by atoms with E-state index in [1.807, 2.05) is 20.8 Å². The molecule has 4 aliphatic carbocycles. The first kappa shape index (κ1) is 44.7. The minimum Gasteiger partial charge on any atom is -0.343 e. The fraction of sp³-hybridized carbons (Fsp3) is 0.891. The molecule has 4 N–H and O–H groups in total. The van der Waals surface area contributed by atoms with Gasteiger partial charge in [-0.05, 0) is 113 Å². The van der Waals surface area contributed by atoms with E-state index in [0.717, 1.165) is 110 Å². The molecule has 7 rings (SSSR count). The van der Waals surface area contributed by atoms with E-state index in [2.05, 4.69) is 71.4 Å². The molecule has 12 nitrogen and oxygen atoms in total. The Kier molecular flexibility index (Phi) is 12.4. The largest absolute Gasteiger partial charge is 0.343 e. The molecule has 7 atom stereocenters. The van der Waals surface area contributed by atoms with Gasteiger partial charge in [0.25, 0.3) is 5.91 Å². The van der Waals surface area contributed by atoms with Crippen LogP contribution in [0, 0.1) is 33.0 Å². The first-order valence-electron chi connectivity index (χ1n) is 23.5. The summed E-state index contributed by atoms with van der Waals surface area (Å²) in [5.74, 6) is -1.15. The van der Waals surface area contributed by atoms with E-state index in [1.165, 1.54) is 12.1 Å². The Labute approximate surface area is 359 Å². The van der Waals surface area contributed by atoms with Crippen molar-refractivity contribution in [1.82, 2.24) is 34.8 Å². The van der Waals surface area contributed by atoms with Crippen molar-refractivity contribution in [2.45, 2.75) is 201 Å². The van der Waals surface area contributed by atoms with Crippen LogP contribution in [0.15, 0.2) is 0 Å². The van der Waals surface area contributed by atoms with Crippen LogP contribution in [0.4, 0.5) is 0 Å². The van der Waals surface area contributed by atoms with Crippen LogP contribution in [-0.2, 0) is 24.0 Å². The molecule has 0 aromatic carbocycles. The number of carbonyl (C=O) groups is 5. The van der Waals surface area contributed by atoms with Gasteiger partial charge in [-0.1, -0.05) is 80.6 Å². The van der Waals surface area contributed by atoms with Crippen molar-refractivity contribution < 1.29 is 24.0 Å². The van der Waals surface area contributed by atoms with Gasteiger partial charge in [-0.25, -0.2) is 4.31 Å². The van der Waals surface area contributed by atoms with Crippen molar-refractivity contribution in [3.05, 3.63) is 0 Å². The van der Waals surface area contributed by atoms with E-state index in [9.17, 15) is 19.2 Å². The van der Waals surface area contributed by atoms with E-state index in [-0.39, 0.29) is 63.8 Å². The molecule has 5 amide bonds. The standard InChI is InChI=1S/C46H77N7O5S/c1-10-43(9)28-46(43,40(58)50-59-51-24-16-17-25-51)49-37(55)33-27-45(42(7,8)44(45)22-18-23-44)29-53(33)39(57)35(41(4,5)6)48-38(56)34(31-19-12-11-13-20-31)47-36(54)32-21-14-15-26-52(32)30(2)3/h30-35H,10-29H2,1-9H3,(H,47,54)(H,48,56)(H,49,55)(H,50,58). The molecule has 7 aliphatic rings. The summed E-state index contributed by atoms with van der Waals surface area (Å²) in [4.78, 5) is 77.3. The van der Waals surface area contributed by atoms with Gasteiger partial charge < -0.3 is 20.9 Å². The molecule has 3 saturated heterocycles. The fourth-order valence-electron chi connectivity index (χ4n) is 12.9. The number of nitrogens with zero attached hydrogens (tertiary/aromatic N) is 3. The zero-order valence-corrected chi connectivity index (χ0v) is 38.7. The second-order valence-electron chi connectivity index (χ2n) is 22.0. The lowest BCUT2D eigenvalue weighted by atomic mass is 9.73. The maximum atomic E-state index is 15.4. The van der Waals surface area contributed by atoms with Crippen LogP contribution in [-0.4, -0.2) is 106 Å². The predicted molar refractivity (Wildman–Crippen MR) is 232 cm³/mol. The Morgan fingerprint density at radius 3 is 1.98 bits per heavy atom. The summed E-state index contributed by atoms with van der Waals surface area (Å²) < 4.78 is 5.25. The first-order chi connectivity index (χ1) is 27.8. The molecule has 0 radical (unpaired) electrons. The summed E-state index contributed by atoms with van der Waals surface area (Å²) in [6.45, 7) is 22.1. The second kappa shape index (κ2) is 16.4. The van der Waals surface area contributed by atoms with Crippen molar-refractivity contribution in [3.8, 4) is 0 Å². The van der Waals surface area contributed by atoms with Crippen molar-refractivity contribution >= 4 is 41.7 Å². The topological polar surface area (TPSA) is 143 Å². The summed E-state index contributed by atoms with van der Waals surface area (Å²) in [5, 5.41) is 9.78. The zero-order valence-electron chi connectivity index (χ0n) is 37.9. The summed E-state index contributed by atoms with van der Waals surface area (Å²) >= 11 is 1.34. The van der Waals surface area contributed by atoms with Gasteiger partial charge in [0.15, 0.2) is 0 Å². The van der Waals surface area contributed by atoms with Crippen molar-refractivity contribution in [2.75, 3.05) is 26.2 Å². The normalized spacial score (nSPS) is 34.0. The van der Waals surface area contributed by atoms with Gasteiger partial charge in [-0.15, -0.1) is 0 Å². The molecular weight excluding hydrogens is 763 g/mol. The Hall–Kier alpha value is -2.38. The minimum atomic E-state index is -1.06. The molecule has 3 heterocycles. The Bertz CT molecular complexity index is 1630. The highest BCUT2D eigenvalue weighted by Crippen LogP contribution is 2.88. The van der Waals surface area contributed by atoms with Crippen LogP contribution in [0.25, 0.3) is 0 Å². The van der Waals surface area contributed by atoms with E-state index < -0.39 is 34.5 Å². The van der Waals surface area contributed by atoms with Gasteiger partial charge in [0, 0.05) is 48.6 Å². The third kappa shape index (κ3) is 7.65.